The molecule has 2 amide bonds. The summed E-state index contributed by atoms with van der Waals surface area (Å²) in [6.45, 7) is 6.69. The minimum Gasteiger partial charge on any atom is -0.389 e. The van der Waals surface area contributed by atoms with E-state index in [9.17, 15) is 14.7 Å². The summed E-state index contributed by atoms with van der Waals surface area (Å²) < 4.78 is 0. The highest BCUT2D eigenvalue weighted by Gasteiger charge is 2.37. The average molecular weight is 324 g/mol. The number of rotatable bonds is 5. The van der Waals surface area contributed by atoms with E-state index in [-0.39, 0.29) is 18.4 Å². The van der Waals surface area contributed by atoms with E-state index in [1.807, 2.05) is 18.4 Å². The van der Waals surface area contributed by atoms with Gasteiger partial charge in [-0.1, -0.05) is 6.07 Å². The van der Waals surface area contributed by atoms with Crippen molar-refractivity contribution in [1.82, 2.24) is 9.80 Å². The molecule has 2 rings (SSSR count). The number of aliphatic hydroxyl groups is 1. The summed E-state index contributed by atoms with van der Waals surface area (Å²) in [5.41, 5.74) is -0.938. The normalized spacial score (nSPS) is 18.5. The Kier molecular flexibility index (Phi) is 5.24. The maximum Gasteiger partial charge on any atom is 0.264 e. The summed E-state index contributed by atoms with van der Waals surface area (Å²) in [4.78, 5) is 29.3. The number of carbonyl (C=O) groups is 2. The van der Waals surface area contributed by atoms with Gasteiger partial charge in [0.15, 0.2) is 0 Å². The molecule has 0 aromatic carbocycles. The molecule has 1 aliphatic heterocycles. The van der Waals surface area contributed by atoms with Gasteiger partial charge in [0.25, 0.3) is 5.91 Å². The van der Waals surface area contributed by atoms with Gasteiger partial charge in [-0.05, 0) is 45.1 Å². The highest BCUT2D eigenvalue weighted by molar-refractivity contribution is 7.12. The summed E-state index contributed by atoms with van der Waals surface area (Å²) in [6.07, 6.45) is 1.53. The molecule has 6 heteroatoms. The first-order valence-electron chi connectivity index (χ1n) is 7.69. The molecule has 122 valence electrons. The maximum atomic E-state index is 12.8. The number of amides is 2. The van der Waals surface area contributed by atoms with Crippen LogP contribution in [0.25, 0.3) is 0 Å². The van der Waals surface area contributed by atoms with Crippen LogP contribution in [0.2, 0.25) is 0 Å². The summed E-state index contributed by atoms with van der Waals surface area (Å²) in [7, 11) is 0. The monoisotopic (exact) mass is 324 g/mol. The second-order valence-corrected chi connectivity index (χ2v) is 7.25. The van der Waals surface area contributed by atoms with Crippen LogP contribution >= 0.6 is 11.3 Å². The van der Waals surface area contributed by atoms with Crippen LogP contribution in [0.3, 0.4) is 0 Å². The van der Waals surface area contributed by atoms with Gasteiger partial charge in [0.2, 0.25) is 5.91 Å². The fourth-order valence-corrected chi connectivity index (χ4v) is 3.51. The molecule has 1 aromatic rings. The van der Waals surface area contributed by atoms with Crippen molar-refractivity contribution in [3.8, 4) is 0 Å². The van der Waals surface area contributed by atoms with Gasteiger partial charge in [0.1, 0.15) is 6.04 Å². The Morgan fingerprint density at radius 2 is 2.23 bits per heavy atom. The molecule has 0 bridgehead atoms. The predicted molar refractivity (Wildman–Crippen MR) is 86.9 cm³/mol. The highest BCUT2D eigenvalue weighted by atomic mass is 32.1. The number of likely N-dealkylation sites (tertiary alicyclic amines) is 1. The van der Waals surface area contributed by atoms with Gasteiger partial charge >= 0.3 is 0 Å². The lowest BCUT2D eigenvalue weighted by molar-refractivity contribution is -0.138. The topological polar surface area (TPSA) is 60.9 Å². The van der Waals surface area contributed by atoms with E-state index in [0.717, 1.165) is 6.42 Å². The average Bonchev–Trinajstić information content (AvgIpc) is 3.12. The largest absolute Gasteiger partial charge is 0.389 e. The quantitative estimate of drug-likeness (QED) is 0.901. The van der Waals surface area contributed by atoms with Gasteiger partial charge in [0, 0.05) is 19.6 Å². The van der Waals surface area contributed by atoms with Crippen molar-refractivity contribution in [2.45, 2.75) is 45.3 Å². The van der Waals surface area contributed by atoms with Crippen molar-refractivity contribution < 1.29 is 14.7 Å². The summed E-state index contributed by atoms with van der Waals surface area (Å²) in [6, 6.07) is 3.23. The van der Waals surface area contributed by atoms with Crippen molar-refractivity contribution in [2.75, 3.05) is 19.6 Å². The number of hydrogen-bond donors (Lipinski definition) is 1. The zero-order valence-electron chi connectivity index (χ0n) is 13.4. The molecule has 0 spiro atoms. The van der Waals surface area contributed by atoms with E-state index >= 15 is 0 Å². The Labute approximate surface area is 135 Å². The number of thiophene rings is 1. The predicted octanol–water partition coefficient (Wildman–Crippen LogP) is 1.97. The smallest absolute Gasteiger partial charge is 0.264 e. The van der Waals surface area contributed by atoms with E-state index in [4.69, 9.17) is 0 Å². The molecule has 1 saturated heterocycles. The van der Waals surface area contributed by atoms with Crippen LogP contribution in [0.15, 0.2) is 17.5 Å². The Morgan fingerprint density at radius 3 is 2.77 bits per heavy atom. The lowest BCUT2D eigenvalue weighted by Crippen LogP contribution is -2.51. The Hall–Kier alpha value is -1.40. The number of hydrogen-bond acceptors (Lipinski definition) is 4. The third-order valence-electron chi connectivity index (χ3n) is 3.80. The third kappa shape index (κ3) is 3.87. The van der Waals surface area contributed by atoms with E-state index in [1.54, 1.807) is 29.7 Å². The number of nitrogens with zero attached hydrogens (tertiary/aromatic N) is 2. The summed E-state index contributed by atoms with van der Waals surface area (Å²) >= 11 is 1.40. The van der Waals surface area contributed by atoms with Gasteiger partial charge in [0.05, 0.1) is 10.5 Å². The molecule has 0 saturated carbocycles. The zero-order valence-corrected chi connectivity index (χ0v) is 14.2. The minimum absolute atomic E-state index is 0.0629. The van der Waals surface area contributed by atoms with Gasteiger partial charge in [-0.3, -0.25) is 9.59 Å². The third-order valence-corrected chi connectivity index (χ3v) is 4.66. The van der Waals surface area contributed by atoms with E-state index in [1.165, 1.54) is 11.3 Å². The summed E-state index contributed by atoms with van der Waals surface area (Å²) in [5.74, 6) is -0.128. The van der Waals surface area contributed by atoms with E-state index in [2.05, 4.69) is 0 Å². The SMILES string of the molecule is CCN(CC(C)(C)O)C(=O)[C@@H]1CCCN1C(=O)c1cccs1. The van der Waals surface area contributed by atoms with Crippen LogP contribution in [0.4, 0.5) is 0 Å². The lowest BCUT2D eigenvalue weighted by Gasteiger charge is -2.33. The summed E-state index contributed by atoms with van der Waals surface area (Å²) in [5, 5.41) is 11.8. The number of likely N-dealkylation sites (N-methyl/N-ethyl adjacent to an activating group) is 1. The molecule has 2 heterocycles. The molecule has 0 aliphatic carbocycles. The van der Waals surface area contributed by atoms with Crippen molar-refractivity contribution in [3.63, 3.8) is 0 Å². The molecule has 0 unspecified atom stereocenters. The molecule has 1 N–H and O–H groups in total. The Balaban J connectivity index is 2.12. The maximum absolute atomic E-state index is 12.8. The molecule has 22 heavy (non-hydrogen) atoms. The Bertz CT molecular complexity index is 522. The molecule has 1 atom stereocenters. The van der Waals surface area contributed by atoms with Gasteiger partial charge in [-0.15, -0.1) is 11.3 Å². The van der Waals surface area contributed by atoms with Crippen molar-refractivity contribution in [1.29, 1.82) is 0 Å². The lowest BCUT2D eigenvalue weighted by atomic mass is 10.1. The van der Waals surface area contributed by atoms with Crippen LogP contribution in [-0.4, -0.2) is 58.0 Å². The Morgan fingerprint density at radius 1 is 1.50 bits per heavy atom. The van der Waals surface area contributed by atoms with Crippen molar-refractivity contribution in [2.24, 2.45) is 0 Å². The molecule has 1 fully saturated rings. The van der Waals surface area contributed by atoms with E-state index in [0.29, 0.717) is 24.4 Å². The second-order valence-electron chi connectivity index (χ2n) is 6.30. The first-order valence-corrected chi connectivity index (χ1v) is 8.57. The van der Waals surface area contributed by atoms with Crippen molar-refractivity contribution >= 4 is 23.2 Å². The molecule has 1 aliphatic rings. The molecular formula is C16H24N2O3S. The first-order chi connectivity index (χ1) is 10.3. The highest BCUT2D eigenvalue weighted by Crippen LogP contribution is 2.24. The fourth-order valence-electron chi connectivity index (χ4n) is 2.83. The molecule has 0 radical (unpaired) electrons. The van der Waals surface area contributed by atoms with Crippen LogP contribution in [0, 0.1) is 0 Å². The van der Waals surface area contributed by atoms with Crippen LogP contribution in [0.5, 0.6) is 0 Å². The number of carbonyl (C=O) groups excluding carboxylic acids is 2. The van der Waals surface area contributed by atoms with Crippen LogP contribution in [0.1, 0.15) is 43.3 Å². The molecule has 5 nitrogen and oxygen atoms in total. The zero-order chi connectivity index (χ0) is 16.3. The first kappa shape index (κ1) is 17.0. The molecule has 1 aromatic heterocycles. The van der Waals surface area contributed by atoms with Crippen molar-refractivity contribution in [3.05, 3.63) is 22.4 Å². The van der Waals surface area contributed by atoms with Crippen LogP contribution < -0.4 is 0 Å². The minimum atomic E-state index is -0.938. The fraction of sp³-hybridized carbons (Fsp3) is 0.625. The second kappa shape index (κ2) is 6.79. The van der Waals surface area contributed by atoms with Gasteiger partial charge in [-0.2, -0.15) is 0 Å². The van der Waals surface area contributed by atoms with Gasteiger partial charge in [-0.25, -0.2) is 0 Å². The van der Waals surface area contributed by atoms with Gasteiger partial charge < -0.3 is 14.9 Å². The van der Waals surface area contributed by atoms with Crippen LogP contribution in [-0.2, 0) is 4.79 Å². The molecular weight excluding hydrogens is 300 g/mol. The van der Waals surface area contributed by atoms with E-state index < -0.39 is 11.6 Å². The standard InChI is InChI=1S/C16H24N2O3S/c1-4-17(11-16(2,3)21)14(19)12-7-5-9-18(12)15(20)13-8-6-10-22-13/h6,8,10,12,21H,4-5,7,9,11H2,1-3H3/t12-/m0/s1.